The zero-order valence-corrected chi connectivity index (χ0v) is 12.7. The Labute approximate surface area is 129 Å². The first-order valence-corrected chi connectivity index (χ1v) is 7.80. The van der Waals surface area contributed by atoms with Gasteiger partial charge in [-0.3, -0.25) is 9.59 Å². The van der Waals surface area contributed by atoms with Crippen LogP contribution >= 0.6 is 15.9 Å². The highest BCUT2D eigenvalue weighted by Gasteiger charge is 2.56. The van der Waals surface area contributed by atoms with Gasteiger partial charge >= 0.3 is 0 Å². The van der Waals surface area contributed by atoms with E-state index in [1.54, 1.807) is 12.1 Å². The van der Waals surface area contributed by atoms with Crippen molar-refractivity contribution in [3.8, 4) is 0 Å². The minimum Gasteiger partial charge on any atom is -0.448 e. The molecule has 1 aliphatic heterocycles. The summed E-state index contributed by atoms with van der Waals surface area (Å²) in [7, 11) is 0. The lowest BCUT2D eigenvalue weighted by Crippen LogP contribution is -2.38. The fourth-order valence-electron chi connectivity index (χ4n) is 3.68. The maximum atomic E-state index is 12.5. The van der Waals surface area contributed by atoms with E-state index in [9.17, 15) is 9.59 Å². The normalized spacial score (nSPS) is 34.2. The van der Waals surface area contributed by atoms with E-state index in [4.69, 9.17) is 4.42 Å². The summed E-state index contributed by atoms with van der Waals surface area (Å²) in [6, 6.07) is 3.45. The molecule has 108 valence electrons. The molecule has 2 amide bonds. The molecular formula is C15H13BrN2O3. The van der Waals surface area contributed by atoms with Gasteiger partial charge in [-0.25, -0.2) is 0 Å². The summed E-state index contributed by atoms with van der Waals surface area (Å²) in [4.78, 5) is 25.0. The summed E-state index contributed by atoms with van der Waals surface area (Å²) in [6.45, 7) is 0. The Morgan fingerprint density at radius 2 is 1.76 bits per heavy atom. The molecule has 0 N–H and O–H groups in total. The second-order valence-corrected chi connectivity index (χ2v) is 6.50. The van der Waals surface area contributed by atoms with Gasteiger partial charge in [0.15, 0.2) is 4.67 Å². The molecule has 4 atom stereocenters. The molecule has 1 saturated heterocycles. The molecule has 1 aromatic rings. The van der Waals surface area contributed by atoms with Crippen molar-refractivity contribution in [3.63, 3.8) is 0 Å². The van der Waals surface area contributed by atoms with Gasteiger partial charge in [0, 0.05) is 0 Å². The van der Waals surface area contributed by atoms with Gasteiger partial charge in [0.25, 0.3) is 11.8 Å². The van der Waals surface area contributed by atoms with Crippen LogP contribution in [0.3, 0.4) is 0 Å². The maximum absolute atomic E-state index is 12.5. The second kappa shape index (κ2) is 4.66. The summed E-state index contributed by atoms with van der Waals surface area (Å²) in [5, 5.41) is 5.09. The van der Waals surface area contributed by atoms with Crippen molar-refractivity contribution in [2.45, 2.75) is 12.8 Å². The van der Waals surface area contributed by atoms with Gasteiger partial charge in [0.1, 0.15) is 5.76 Å². The van der Waals surface area contributed by atoms with Crippen molar-refractivity contribution in [1.29, 1.82) is 0 Å². The minimum absolute atomic E-state index is 0.175. The zero-order valence-electron chi connectivity index (χ0n) is 11.1. The number of nitrogens with zero attached hydrogens (tertiary/aromatic N) is 2. The summed E-state index contributed by atoms with van der Waals surface area (Å²) < 4.78 is 5.88. The molecule has 5 rings (SSSR count). The number of hydrogen-bond acceptors (Lipinski definition) is 4. The van der Waals surface area contributed by atoms with Gasteiger partial charge in [-0.05, 0) is 52.7 Å². The number of furan rings is 1. The Hall–Kier alpha value is -1.69. The highest BCUT2D eigenvalue weighted by atomic mass is 79.9. The summed E-state index contributed by atoms with van der Waals surface area (Å²) in [6.07, 6.45) is 7.58. The molecule has 0 spiro atoms. The number of hydrogen-bond donors (Lipinski definition) is 0. The van der Waals surface area contributed by atoms with Crippen LogP contribution in [-0.2, 0) is 9.59 Å². The highest BCUT2D eigenvalue weighted by molar-refractivity contribution is 9.10. The highest BCUT2D eigenvalue weighted by Crippen LogP contribution is 2.49. The number of hydrazone groups is 1. The van der Waals surface area contributed by atoms with Crippen LogP contribution in [0.5, 0.6) is 0 Å². The largest absolute Gasteiger partial charge is 0.448 e. The van der Waals surface area contributed by atoms with E-state index >= 15 is 0 Å². The van der Waals surface area contributed by atoms with Crippen LogP contribution < -0.4 is 0 Å². The van der Waals surface area contributed by atoms with E-state index in [0.29, 0.717) is 10.4 Å². The van der Waals surface area contributed by atoms with E-state index < -0.39 is 0 Å². The molecule has 1 aromatic heterocycles. The molecule has 21 heavy (non-hydrogen) atoms. The number of allylic oxidation sites excluding steroid dienone is 2. The molecule has 4 aliphatic rings. The third-order valence-electron chi connectivity index (χ3n) is 4.63. The Morgan fingerprint density at radius 3 is 2.24 bits per heavy atom. The monoisotopic (exact) mass is 348 g/mol. The Bertz CT molecular complexity index is 646. The molecule has 0 aromatic carbocycles. The number of carbonyl (C=O) groups excluding carboxylic acids is 2. The third kappa shape index (κ3) is 1.92. The van der Waals surface area contributed by atoms with Crippen molar-refractivity contribution < 1.29 is 14.0 Å². The first-order valence-electron chi connectivity index (χ1n) is 7.00. The molecule has 0 unspecified atom stereocenters. The average molecular weight is 349 g/mol. The fraction of sp³-hybridized carbons (Fsp3) is 0.400. The number of fused-ring (bicyclic) bond motifs is 1. The van der Waals surface area contributed by atoms with Gasteiger partial charge in [-0.2, -0.15) is 10.1 Å². The average Bonchev–Trinajstić information content (AvgIpc) is 3.03. The molecule has 3 aliphatic carbocycles. The van der Waals surface area contributed by atoms with E-state index in [2.05, 4.69) is 33.2 Å². The number of amides is 2. The van der Waals surface area contributed by atoms with E-state index in [0.717, 1.165) is 17.9 Å². The molecule has 2 bridgehead atoms. The van der Waals surface area contributed by atoms with Crippen LogP contribution in [0, 0.1) is 23.7 Å². The Kier molecular flexibility index (Phi) is 2.89. The zero-order chi connectivity index (χ0) is 14.6. The lowest BCUT2D eigenvalue weighted by molar-refractivity contribution is -0.140. The predicted molar refractivity (Wildman–Crippen MR) is 78.2 cm³/mol. The molecule has 2 fully saturated rings. The van der Waals surface area contributed by atoms with E-state index in [1.165, 1.54) is 6.21 Å². The van der Waals surface area contributed by atoms with Crippen LogP contribution in [0.4, 0.5) is 0 Å². The van der Waals surface area contributed by atoms with Gasteiger partial charge in [0.05, 0.1) is 18.1 Å². The fourth-order valence-corrected chi connectivity index (χ4v) is 4.00. The number of carbonyl (C=O) groups is 2. The summed E-state index contributed by atoms with van der Waals surface area (Å²) >= 11 is 3.20. The molecule has 1 saturated carbocycles. The number of rotatable bonds is 2. The third-order valence-corrected chi connectivity index (χ3v) is 5.06. The first-order chi connectivity index (χ1) is 10.1. The van der Waals surface area contributed by atoms with Crippen LogP contribution in [-0.4, -0.2) is 23.0 Å². The van der Waals surface area contributed by atoms with Gasteiger partial charge in [-0.15, -0.1) is 0 Å². The lowest BCUT2D eigenvalue weighted by Gasteiger charge is -2.37. The van der Waals surface area contributed by atoms with Gasteiger partial charge in [0.2, 0.25) is 0 Å². The van der Waals surface area contributed by atoms with Gasteiger partial charge < -0.3 is 4.42 Å². The first kappa shape index (κ1) is 13.0. The van der Waals surface area contributed by atoms with Crippen LogP contribution in [0.25, 0.3) is 0 Å². The lowest BCUT2D eigenvalue weighted by atomic mass is 9.63. The molecule has 6 heteroatoms. The van der Waals surface area contributed by atoms with Crippen molar-refractivity contribution in [2.75, 3.05) is 0 Å². The minimum atomic E-state index is -0.221. The Balaban J connectivity index is 1.62. The predicted octanol–water partition coefficient (Wildman–Crippen LogP) is 2.57. The Morgan fingerprint density at radius 1 is 1.14 bits per heavy atom. The SMILES string of the molecule is O=C1[C@H]2[C@H](C(=O)N1/N=C\c1ccc(Br)o1)[C@@H]1C=C[C@@H]2CC1. The van der Waals surface area contributed by atoms with E-state index in [1.807, 2.05) is 0 Å². The topological polar surface area (TPSA) is 62.9 Å². The van der Waals surface area contributed by atoms with E-state index in [-0.39, 0.29) is 35.5 Å². The smallest absolute Gasteiger partial charge is 0.254 e. The van der Waals surface area contributed by atoms with Crippen molar-refractivity contribution in [3.05, 3.63) is 34.7 Å². The van der Waals surface area contributed by atoms with Crippen molar-refractivity contribution in [2.24, 2.45) is 28.8 Å². The maximum Gasteiger partial charge on any atom is 0.254 e. The summed E-state index contributed by atoms with van der Waals surface area (Å²) in [5.41, 5.74) is 0. The molecule has 2 heterocycles. The second-order valence-electron chi connectivity index (χ2n) is 5.72. The quantitative estimate of drug-likeness (QED) is 0.468. The van der Waals surface area contributed by atoms with Crippen LogP contribution in [0.1, 0.15) is 18.6 Å². The molecular weight excluding hydrogens is 336 g/mol. The van der Waals surface area contributed by atoms with Crippen molar-refractivity contribution in [1.82, 2.24) is 5.01 Å². The summed E-state index contributed by atoms with van der Waals surface area (Å²) in [5.74, 6) is 0.0857. The molecule has 5 nitrogen and oxygen atoms in total. The van der Waals surface area contributed by atoms with Crippen LogP contribution in [0.15, 0.2) is 38.5 Å². The number of halogens is 1. The number of imide groups is 1. The standard InChI is InChI=1S/C15H13BrN2O3/c16-11-6-5-10(21-11)7-17-18-14(19)12-8-1-2-9(4-3-8)13(12)15(18)20/h1-2,5-9,12-13H,3-4H2/b17-7-/t8-,9-,12-,13-/m1/s1. The van der Waals surface area contributed by atoms with Gasteiger partial charge in [-0.1, -0.05) is 12.2 Å². The van der Waals surface area contributed by atoms with Crippen molar-refractivity contribution >= 4 is 34.0 Å². The molecule has 0 radical (unpaired) electrons. The van der Waals surface area contributed by atoms with Crippen LogP contribution in [0.2, 0.25) is 0 Å².